The summed E-state index contributed by atoms with van der Waals surface area (Å²) in [6.45, 7) is 4.29. The highest BCUT2D eigenvalue weighted by Gasteiger charge is 2.26. The Hall–Kier alpha value is -3.98. The molecule has 0 fully saturated rings. The number of hydrogen-bond acceptors (Lipinski definition) is 7. The normalized spacial score (nSPS) is 14.0. The Morgan fingerprint density at radius 2 is 1.89 bits per heavy atom. The third-order valence-corrected chi connectivity index (χ3v) is 5.96. The van der Waals surface area contributed by atoms with E-state index in [-0.39, 0.29) is 17.3 Å². The largest absolute Gasteiger partial charge is 0.490 e. The van der Waals surface area contributed by atoms with E-state index < -0.39 is 10.9 Å². The second-order valence-corrected chi connectivity index (χ2v) is 8.47. The molecule has 3 aromatic carbocycles. The topological polar surface area (TPSA) is 100 Å². The van der Waals surface area contributed by atoms with Crippen molar-refractivity contribution >= 4 is 39.6 Å². The summed E-state index contributed by atoms with van der Waals surface area (Å²) in [4.78, 5) is 27.4. The molecule has 0 saturated carbocycles. The standard InChI is InChI=1S/C26H21BrN2O6/c1-3-33-24-13-17(9-11-23(24)34-15-19-6-4-5-7-20(19)27)12-21-26(30)35-25(28-21)18-10-8-16(2)22(14-18)29(31)32/h4-14H,3,15H2,1-2H3/b21-12-. The second kappa shape index (κ2) is 10.5. The van der Waals surface area contributed by atoms with E-state index in [2.05, 4.69) is 20.9 Å². The van der Waals surface area contributed by atoms with Crippen molar-refractivity contribution in [2.75, 3.05) is 6.61 Å². The van der Waals surface area contributed by atoms with Gasteiger partial charge in [0.1, 0.15) is 6.61 Å². The molecular formula is C26H21BrN2O6. The fourth-order valence-electron chi connectivity index (χ4n) is 3.40. The van der Waals surface area contributed by atoms with Gasteiger partial charge in [0.25, 0.3) is 5.69 Å². The van der Waals surface area contributed by atoms with Crippen LogP contribution in [0.15, 0.2) is 75.8 Å². The van der Waals surface area contributed by atoms with E-state index in [9.17, 15) is 14.9 Å². The summed E-state index contributed by atoms with van der Waals surface area (Å²) < 4.78 is 17.9. The monoisotopic (exact) mass is 536 g/mol. The summed E-state index contributed by atoms with van der Waals surface area (Å²) >= 11 is 3.51. The summed E-state index contributed by atoms with van der Waals surface area (Å²) in [5.74, 6) is 0.465. The smallest absolute Gasteiger partial charge is 0.363 e. The SMILES string of the molecule is CCOc1cc(/C=C2\N=C(c3ccc(C)c([N+](=O)[O-])c3)OC2=O)ccc1OCc1ccccc1Br. The number of nitro benzene ring substituents is 1. The lowest BCUT2D eigenvalue weighted by molar-refractivity contribution is -0.385. The average Bonchev–Trinajstić information content (AvgIpc) is 3.20. The zero-order valence-corrected chi connectivity index (χ0v) is 20.6. The minimum Gasteiger partial charge on any atom is -0.490 e. The minimum atomic E-state index is -0.643. The van der Waals surface area contributed by atoms with Crippen molar-refractivity contribution in [1.29, 1.82) is 0 Å². The Labute approximate surface area is 210 Å². The van der Waals surface area contributed by atoms with Crippen LogP contribution in [0.4, 0.5) is 5.69 Å². The van der Waals surface area contributed by atoms with Gasteiger partial charge in [0, 0.05) is 27.2 Å². The van der Waals surface area contributed by atoms with Crippen molar-refractivity contribution in [3.63, 3.8) is 0 Å². The van der Waals surface area contributed by atoms with Gasteiger partial charge in [-0.1, -0.05) is 46.3 Å². The molecule has 0 atom stereocenters. The minimum absolute atomic E-state index is 0.0165. The zero-order chi connectivity index (χ0) is 24.9. The number of nitro groups is 1. The zero-order valence-electron chi connectivity index (χ0n) is 19.0. The van der Waals surface area contributed by atoms with Crippen molar-refractivity contribution in [2.45, 2.75) is 20.5 Å². The van der Waals surface area contributed by atoms with Gasteiger partial charge in [-0.05, 0) is 49.8 Å². The molecule has 0 bridgehead atoms. The van der Waals surface area contributed by atoms with E-state index >= 15 is 0 Å². The number of carbonyl (C=O) groups is 1. The third kappa shape index (κ3) is 5.58. The number of aliphatic imine (C=N–C) groups is 1. The first-order valence-electron chi connectivity index (χ1n) is 10.8. The molecule has 0 saturated heterocycles. The molecule has 9 heteroatoms. The number of aryl methyl sites for hydroxylation is 1. The molecule has 0 aliphatic carbocycles. The van der Waals surface area contributed by atoms with Gasteiger partial charge in [0.05, 0.1) is 11.5 Å². The Balaban J connectivity index is 1.59. The first-order chi connectivity index (χ1) is 16.9. The van der Waals surface area contributed by atoms with Crippen molar-refractivity contribution in [2.24, 2.45) is 4.99 Å². The third-order valence-electron chi connectivity index (χ3n) is 5.19. The van der Waals surface area contributed by atoms with Gasteiger partial charge in [-0.15, -0.1) is 0 Å². The van der Waals surface area contributed by atoms with Gasteiger partial charge in [0.15, 0.2) is 17.2 Å². The van der Waals surface area contributed by atoms with Crippen molar-refractivity contribution in [3.8, 4) is 11.5 Å². The van der Waals surface area contributed by atoms with E-state index in [4.69, 9.17) is 14.2 Å². The number of nitrogens with zero attached hydrogens (tertiary/aromatic N) is 2. The van der Waals surface area contributed by atoms with Gasteiger partial charge >= 0.3 is 5.97 Å². The predicted molar refractivity (Wildman–Crippen MR) is 135 cm³/mol. The lowest BCUT2D eigenvalue weighted by Gasteiger charge is -2.13. The number of hydrogen-bond donors (Lipinski definition) is 0. The van der Waals surface area contributed by atoms with Gasteiger partial charge in [-0.3, -0.25) is 10.1 Å². The first kappa shape index (κ1) is 24.2. The maximum Gasteiger partial charge on any atom is 0.363 e. The molecule has 178 valence electrons. The van der Waals surface area contributed by atoms with Gasteiger partial charge in [0.2, 0.25) is 5.90 Å². The quantitative estimate of drug-likeness (QED) is 0.152. The molecule has 4 rings (SSSR count). The Morgan fingerprint density at radius 1 is 1.09 bits per heavy atom. The number of cyclic esters (lactones) is 1. The summed E-state index contributed by atoms with van der Waals surface area (Å²) in [6, 6.07) is 17.6. The van der Waals surface area contributed by atoms with Crippen molar-refractivity contribution in [1.82, 2.24) is 0 Å². The van der Waals surface area contributed by atoms with Crippen molar-refractivity contribution < 1.29 is 23.9 Å². The molecule has 8 nitrogen and oxygen atoms in total. The number of halogens is 1. The first-order valence-corrected chi connectivity index (χ1v) is 11.6. The van der Waals surface area contributed by atoms with Crippen LogP contribution in [0.3, 0.4) is 0 Å². The van der Waals surface area contributed by atoms with Crippen LogP contribution in [-0.4, -0.2) is 23.4 Å². The lowest BCUT2D eigenvalue weighted by atomic mass is 10.1. The molecule has 0 unspecified atom stereocenters. The summed E-state index contributed by atoms with van der Waals surface area (Å²) in [5.41, 5.74) is 2.52. The Bertz CT molecular complexity index is 1370. The fourth-order valence-corrected chi connectivity index (χ4v) is 3.80. The van der Waals surface area contributed by atoms with Crippen LogP contribution in [0.2, 0.25) is 0 Å². The van der Waals surface area contributed by atoms with E-state index in [1.807, 2.05) is 31.2 Å². The molecule has 1 aliphatic rings. The number of benzene rings is 3. The Kier molecular flexibility index (Phi) is 7.26. The highest BCUT2D eigenvalue weighted by atomic mass is 79.9. The summed E-state index contributed by atoms with van der Waals surface area (Å²) in [6.07, 6.45) is 1.57. The van der Waals surface area contributed by atoms with Crippen LogP contribution < -0.4 is 9.47 Å². The number of ether oxygens (including phenoxy) is 3. The van der Waals surface area contributed by atoms with Crippen LogP contribution in [0.1, 0.15) is 29.2 Å². The van der Waals surface area contributed by atoms with Crippen molar-refractivity contribution in [3.05, 3.63) is 103 Å². The fraction of sp³-hybridized carbons (Fsp3) is 0.154. The molecule has 0 spiro atoms. The molecule has 0 amide bonds. The number of carbonyl (C=O) groups excluding carboxylic acids is 1. The summed E-state index contributed by atoms with van der Waals surface area (Å²) in [7, 11) is 0. The molecular weight excluding hydrogens is 516 g/mol. The lowest BCUT2D eigenvalue weighted by Crippen LogP contribution is -2.06. The van der Waals surface area contributed by atoms with Gasteiger partial charge < -0.3 is 14.2 Å². The molecule has 0 N–H and O–H groups in total. The van der Waals surface area contributed by atoms with E-state index in [1.54, 1.807) is 43.3 Å². The average molecular weight is 537 g/mol. The van der Waals surface area contributed by atoms with Gasteiger partial charge in [-0.2, -0.15) is 0 Å². The molecule has 35 heavy (non-hydrogen) atoms. The second-order valence-electron chi connectivity index (χ2n) is 7.61. The maximum atomic E-state index is 12.4. The summed E-state index contributed by atoms with van der Waals surface area (Å²) in [5, 5.41) is 11.2. The van der Waals surface area contributed by atoms with Crippen LogP contribution in [-0.2, 0) is 16.1 Å². The maximum absolute atomic E-state index is 12.4. The highest BCUT2D eigenvalue weighted by molar-refractivity contribution is 9.10. The van der Waals surface area contributed by atoms with Crippen LogP contribution in [0.25, 0.3) is 6.08 Å². The number of rotatable bonds is 8. The van der Waals surface area contributed by atoms with E-state index in [1.165, 1.54) is 6.07 Å². The molecule has 0 aromatic heterocycles. The van der Waals surface area contributed by atoms with E-state index in [0.717, 1.165) is 10.0 Å². The van der Waals surface area contributed by atoms with Crippen LogP contribution in [0.5, 0.6) is 11.5 Å². The highest BCUT2D eigenvalue weighted by Crippen LogP contribution is 2.32. The number of esters is 1. The predicted octanol–water partition coefficient (Wildman–Crippen LogP) is 5.99. The van der Waals surface area contributed by atoms with Gasteiger partial charge in [-0.25, -0.2) is 9.79 Å². The Morgan fingerprint density at radius 3 is 2.63 bits per heavy atom. The molecule has 0 radical (unpaired) electrons. The molecule has 3 aromatic rings. The molecule has 1 aliphatic heterocycles. The van der Waals surface area contributed by atoms with E-state index in [0.29, 0.717) is 41.4 Å². The molecule has 1 heterocycles. The van der Waals surface area contributed by atoms with Crippen LogP contribution >= 0.6 is 15.9 Å². The van der Waals surface area contributed by atoms with Crippen LogP contribution in [0, 0.1) is 17.0 Å².